The van der Waals surface area contributed by atoms with Gasteiger partial charge in [-0.3, -0.25) is 19.8 Å². The molecule has 0 bridgehead atoms. The van der Waals surface area contributed by atoms with Crippen molar-refractivity contribution in [3.8, 4) is 6.07 Å². The predicted octanol–water partition coefficient (Wildman–Crippen LogP) is 2.51. The molecule has 10 nitrogen and oxygen atoms in total. The van der Waals surface area contributed by atoms with E-state index in [2.05, 4.69) is 11.0 Å². The molecule has 0 N–H and O–H groups in total. The number of carbonyl (C=O) groups excluding carboxylic acids is 3. The summed E-state index contributed by atoms with van der Waals surface area (Å²) < 4.78 is 5.13. The van der Waals surface area contributed by atoms with Gasteiger partial charge in [-0.25, -0.2) is 9.59 Å². The van der Waals surface area contributed by atoms with E-state index in [4.69, 9.17) is 4.74 Å². The lowest BCUT2D eigenvalue weighted by atomic mass is 9.74. The Morgan fingerprint density at radius 1 is 1.26 bits per heavy atom. The molecule has 0 unspecified atom stereocenters. The molecule has 178 valence electrons. The number of β-lactam (4-membered cyclic amide) rings is 1. The minimum absolute atomic E-state index is 0.00454. The van der Waals surface area contributed by atoms with E-state index in [0.29, 0.717) is 19.6 Å². The van der Waals surface area contributed by atoms with Gasteiger partial charge in [0.15, 0.2) is 0 Å². The Labute approximate surface area is 196 Å². The average Bonchev–Trinajstić information content (AvgIpc) is 3.35. The van der Waals surface area contributed by atoms with Crippen LogP contribution in [0.2, 0.25) is 0 Å². The molecule has 0 aromatic heterocycles. The number of ether oxygens (including phenoxy) is 1. The molecule has 1 aromatic rings. The Bertz CT molecular complexity index is 1120. The minimum atomic E-state index is -0.943. The number of nitrogens with zero attached hydrogens (tertiary/aromatic N) is 4. The van der Waals surface area contributed by atoms with Crippen molar-refractivity contribution in [3.63, 3.8) is 0 Å². The Morgan fingerprint density at radius 3 is 2.50 bits per heavy atom. The van der Waals surface area contributed by atoms with Gasteiger partial charge < -0.3 is 9.64 Å². The molecule has 0 radical (unpaired) electrons. The van der Waals surface area contributed by atoms with E-state index >= 15 is 0 Å². The molecule has 0 aliphatic carbocycles. The maximum atomic E-state index is 13.2. The number of esters is 2. The number of nitro benzene ring substituents is 1. The third-order valence-corrected chi connectivity index (χ3v) is 7.06. The van der Waals surface area contributed by atoms with Crippen molar-refractivity contribution >= 4 is 23.5 Å². The predicted molar refractivity (Wildman–Crippen MR) is 119 cm³/mol. The van der Waals surface area contributed by atoms with E-state index < -0.39 is 16.9 Å². The highest BCUT2D eigenvalue weighted by Crippen LogP contribution is 2.49. The molecule has 2 fully saturated rings. The fourth-order valence-electron chi connectivity index (χ4n) is 5.26. The Kier molecular flexibility index (Phi) is 6.23. The molecule has 34 heavy (non-hydrogen) atoms. The molecule has 1 aromatic carbocycles. The van der Waals surface area contributed by atoms with Crippen molar-refractivity contribution in [2.45, 2.75) is 33.2 Å². The van der Waals surface area contributed by atoms with Gasteiger partial charge in [-0.2, -0.15) is 5.26 Å². The summed E-state index contributed by atoms with van der Waals surface area (Å²) in [4.78, 5) is 52.5. The zero-order valence-corrected chi connectivity index (χ0v) is 19.3. The number of nitriles is 1. The molecular formula is C24H26N4O6. The van der Waals surface area contributed by atoms with Gasteiger partial charge in [-0.1, -0.05) is 20.8 Å². The van der Waals surface area contributed by atoms with Crippen molar-refractivity contribution in [2.24, 2.45) is 23.7 Å². The first-order valence-electron chi connectivity index (χ1n) is 11.3. The maximum Gasteiger partial charge on any atom is 0.362 e. The highest BCUT2D eigenvalue weighted by Gasteiger charge is 2.59. The SMILES string of the molecule is CC(C)[C@H]1C(=O)N2C(C(=O)OC(=O)c3ccc([N+](=O)[O-])cc3)=C(CN3CC[C@H](C#N)C3)[C@H](C)[C@H]12. The van der Waals surface area contributed by atoms with E-state index in [1.165, 1.54) is 17.0 Å². The first-order valence-corrected chi connectivity index (χ1v) is 11.3. The van der Waals surface area contributed by atoms with Crippen LogP contribution in [-0.2, 0) is 14.3 Å². The molecule has 3 aliphatic rings. The van der Waals surface area contributed by atoms with Gasteiger partial charge in [-0.15, -0.1) is 0 Å². The quantitative estimate of drug-likeness (QED) is 0.205. The molecule has 10 heteroatoms. The van der Waals surface area contributed by atoms with E-state index in [0.717, 1.165) is 24.1 Å². The summed E-state index contributed by atoms with van der Waals surface area (Å²) in [6.07, 6.45) is 0.747. The normalized spacial score (nSPS) is 26.3. The number of non-ortho nitro benzene ring substituents is 1. The summed E-state index contributed by atoms with van der Waals surface area (Å²) in [6, 6.07) is 6.86. The number of fused-ring (bicyclic) bond motifs is 1. The number of benzene rings is 1. The molecular weight excluding hydrogens is 440 g/mol. The first-order chi connectivity index (χ1) is 16.1. The molecule has 3 aliphatic heterocycles. The standard InChI is InChI=1S/C24H26N4O6/c1-13(2)19-20-14(3)18(12-26-9-8-15(10-25)11-26)21(27(20)22(19)29)24(31)34-23(30)16-4-6-17(7-5-16)28(32)33/h4-7,13-15,19-20H,8-9,11-12H2,1-3H3/t14-,15+,19+,20+/m0/s1. The topological polar surface area (TPSA) is 134 Å². The van der Waals surface area contributed by atoms with Crippen LogP contribution in [0.5, 0.6) is 0 Å². The average molecular weight is 466 g/mol. The Morgan fingerprint density at radius 2 is 1.94 bits per heavy atom. The summed E-state index contributed by atoms with van der Waals surface area (Å²) in [5.74, 6) is -2.29. The third-order valence-electron chi connectivity index (χ3n) is 7.06. The molecule has 1 amide bonds. The highest BCUT2D eigenvalue weighted by atomic mass is 16.6. The van der Waals surface area contributed by atoms with Crippen LogP contribution in [0.15, 0.2) is 35.5 Å². The van der Waals surface area contributed by atoms with E-state index in [9.17, 15) is 29.8 Å². The van der Waals surface area contributed by atoms with Crippen LogP contribution in [0.3, 0.4) is 0 Å². The van der Waals surface area contributed by atoms with E-state index in [1.807, 2.05) is 20.8 Å². The number of rotatable bonds is 6. The number of nitro groups is 1. The van der Waals surface area contributed by atoms with Gasteiger partial charge in [0.2, 0.25) is 5.91 Å². The zero-order valence-electron chi connectivity index (χ0n) is 19.3. The molecule has 3 heterocycles. The number of hydrogen-bond acceptors (Lipinski definition) is 8. The van der Waals surface area contributed by atoms with Crippen molar-refractivity contribution < 1.29 is 24.0 Å². The van der Waals surface area contributed by atoms with Crippen molar-refractivity contribution in [1.29, 1.82) is 5.26 Å². The maximum absolute atomic E-state index is 13.2. The van der Waals surface area contributed by atoms with Gasteiger partial charge in [-0.05, 0) is 36.6 Å². The lowest BCUT2D eigenvalue weighted by Crippen LogP contribution is -2.62. The van der Waals surface area contributed by atoms with E-state index in [1.54, 1.807) is 0 Å². The van der Waals surface area contributed by atoms with Gasteiger partial charge in [0, 0.05) is 31.1 Å². The fourth-order valence-corrected chi connectivity index (χ4v) is 5.26. The minimum Gasteiger partial charge on any atom is -0.385 e. The molecule has 0 spiro atoms. The summed E-state index contributed by atoms with van der Waals surface area (Å²) >= 11 is 0. The van der Waals surface area contributed by atoms with Crippen LogP contribution in [0.1, 0.15) is 37.6 Å². The fraction of sp³-hybridized carbons (Fsp3) is 0.500. The van der Waals surface area contributed by atoms with Crippen LogP contribution in [0, 0.1) is 45.1 Å². The number of amides is 1. The Hall–Kier alpha value is -3.58. The lowest BCUT2D eigenvalue weighted by Gasteiger charge is -2.47. The second-order valence-corrected chi connectivity index (χ2v) is 9.46. The highest BCUT2D eigenvalue weighted by molar-refractivity contribution is 6.06. The van der Waals surface area contributed by atoms with Crippen LogP contribution < -0.4 is 0 Å². The van der Waals surface area contributed by atoms with Crippen molar-refractivity contribution in [2.75, 3.05) is 19.6 Å². The lowest BCUT2D eigenvalue weighted by molar-refractivity contribution is -0.384. The molecule has 2 saturated heterocycles. The zero-order chi connectivity index (χ0) is 24.7. The largest absolute Gasteiger partial charge is 0.385 e. The van der Waals surface area contributed by atoms with Crippen LogP contribution in [0.4, 0.5) is 5.69 Å². The third kappa shape index (κ3) is 3.96. The molecule has 0 saturated carbocycles. The van der Waals surface area contributed by atoms with Gasteiger partial charge in [0.25, 0.3) is 5.69 Å². The van der Waals surface area contributed by atoms with Crippen molar-refractivity contribution in [1.82, 2.24) is 9.80 Å². The monoisotopic (exact) mass is 466 g/mol. The summed E-state index contributed by atoms with van der Waals surface area (Å²) in [6.45, 7) is 7.64. The molecule has 4 atom stereocenters. The van der Waals surface area contributed by atoms with Crippen LogP contribution in [0.25, 0.3) is 0 Å². The number of carbonyl (C=O) groups is 3. The van der Waals surface area contributed by atoms with E-state index in [-0.39, 0.29) is 52.6 Å². The second-order valence-electron chi connectivity index (χ2n) is 9.46. The Balaban J connectivity index is 1.59. The first kappa shape index (κ1) is 23.6. The number of hydrogen-bond donors (Lipinski definition) is 0. The smallest absolute Gasteiger partial charge is 0.362 e. The summed E-state index contributed by atoms with van der Waals surface area (Å²) in [5.41, 5.74) is 0.652. The van der Waals surface area contributed by atoms with Gasteiger partial charge >= 0.3 is 11.9 Å². The van der Waals surface area contributed by atoms with Crippen LogP contribution in [-0.4, -0.2) is 58.2 Å². The summed E-state index contributed by atoms with van der Waals surface area (Å²) in [7, 11) is 0. The summed E-state index contributed by atoms with van der Waals surface area (Å²) in [5, 5.41) is 20.1. The van der Waals surface area contributed by atoms with Crippen LogP contribution >= 0.6 is 0 Å². The van der Waals surface area contributed by atoms with Crippen molar-refractivity contribution in [3.05, 3.63) is 51.2 Å². The number of likely N-dealkylation sites (tertiary alicyclic amines) is 1. The second kappa shape index (κ2) is 8.99. The molecule has 4 rings (SSSR count). The van der Waals surface area contributed by atoms with Gasteiger partial charge in [0.05, 0.1) is 34.4 Å². The van der Waals surface area contributed by atoms with Gasteiger partial charge in [0.1, 0.15) is 5.70 Å².